The van der Waals surface area contributed by atoms with Crippen LogP contribution >= 0.6 is 0 Å². The molecule has 3 aliphatic carbocycles. The average molecular weight is 387 g/mol. The van der Waals surface area contributed by atoms with E-state index in [0.29, 0.717) is 17.9 Å². The first-order valence-electron chi connectivity index (χ1n) is 12.0. The Hall–Kier alpha value is -0.890. The number of methoxy groups -OCH3 is 1. The number of fused-ring (bicyclic) bond motifs is 2. The fourth-order valence-corrected chi connectivity index (χ4v) is 6.45. The highest BCUT2D eigenvalue weighted by atomic mass is 19.1. The Morgan fingerprint density at radius 1 is 1.00 bits per heavy atom. The van der Waals surface area contributed by atoms with Crippen LogP contribution in [0.3, 0.4) is 0 Å². The van der Waals surface area contributed by atoms with Gasteiger partial charge < -0.3 is 4.74 Å². The lowest BCUT2D eigenvalue weighted by molar-refractivity contribution is 0.0123. The van der Waals surface area contributed by atoms with Crippen molar-refractivity contribution in [3.8, 4) is 0 Å². The van der Waals surface area contributed by atoms with Crippen molar-refractivity contribution in [1.82, 2.24) is 0 Å². The van der Waals surface area contributed by atoms with Gasteiger partial charge >= 0.3 is 0 Å². The normalized spacial score (nSPS) is 32.6. The topological polar surface area (TPSA) is 9.23 Å². The molecule has 2 fully saturated rings. The van der Waals surface area contributed by atoms with Gasteiger partial charge in [-0.1, -0.05) is 38.7 Å². The predicted molar refractivity (Wildman–Crippen MR) is 114 cm³/mol. The zero-order chi connectivity index (χ0) is 19.5. The minimum Gasteiger partial charge on any atom is -0.381 e. The van der Waals surface area contributed by atoms with Crippen LogP contribution in [0.5, 0.6) is 0 Å². The smallest absolute Gasteiger partial charge is 0.126 e. The first-order valence-corrected chi connectivity index (χ1v) is 12.0. The van der Waals surface area contributed by atoms with Crippen molar-refractivity contribution < 1.29 is 9.13 Å². The lowest BCUT2D eigenvalue weighted by atomic mass is 9.65. The highest BCUT2D eigenvalue weighted by Gasteiger charge is 2.36. The van der Waals surface area contributed by atoms with Gasteiger partial charge in [-0.15, -0.1) is 0 Å². The lowest BCUT2D eigenvalue weighted by Crippen LogP contribution is -2.33. The fourth-order valence-electron chi connectivity index (χ4n) is 6.45. The fraction of sp³-hybridized carbons (Fsp3) is 0.769. The molecule has 0 radical (unpaired) electrons. The predicted octanol–water partition coefficient (Wildman–Crippen LogP) is 7.21. The van der Waals surface area contributed by atoms with Crippen LogP contribution in [0.15, 0.2) is 12.1 Å². The molecule has 5 unspecified atom stereocenters. The van der Waals surface area contributed by atoms with Crippen LogP contribution in [0, 0.1) is 23.6 Å². The van der Waals surface area contributed by atoms with E-state index in [9.17, 15) is 0 Å². The van der Waals surface area contributed by atoms with E-state index in [4.69, 9.17) is 4.74 Å². The highest BCUT2D eigenvalue weighted by Crippen LogP contribution is 2.47. The third-order valence-corrected chi connectivity index (χ3v) is 8.21. The second kappa shape index (κ2) is 9.28. The van der Waals surface area contributed by atoms with Gasteiger partial charge in [0.2, 0.25) is 0 Å². The number of benzene rings is 1. The van der Waals surface area contributed by atoms with E-state index in [1.807, 2.05) is 13.2 Å². The third-order valence-electron chi connectivity index (χ3n) is 8.21. The molecule has 2 heteroatoms. The SMILES string of the molecule is CCCCCC1CCc2cc(C3CCC4CC(OC)CCC4C3)cc(F)c2C1. The molecule has 3 aliphatic rings. The third kappa shape index (κ3) is 4.48. The van der Waals surface area contributed by atoms with Crippen LogP contribution in [-0.2, 0) is 17.6 Å². The van der Waals surface area contributed by atoms with Gasteiger partial charge in [-0.25, -0.2) is 4.39 Å². The Bertz CT molecular complexity index is 654. The summed E-state index contributed by atoms with van der Waals surface area (Å²) in [6.45, 7) is 2.26. The number of hydrogen-bond acceptors (Lipinski definition) is 1. The van der Waals surface area contributed by atoms with Crippen LogP contribution in [0.25, 0.3) is 0 Å². The second-order valence-electron chi connectivity index (χ2n) is 9.95. The zero-order valence-electron chi connectivity index (χ0n) is 18.0. The van der Waals surface area contributed by atoms with Crippen LogP contribution in [0.2, 0.25) is 0 Å². The molecule has 1 aromatic rings. The Morgan fingerprint density at radius 3 is 2.64 bits per heavy atom. The number of rotatable bonds is 6. The molecular formula is C26H39FO. The molecule has 0 aliphatic heterocycles. The summed E-state index contributed by atoms with van der Waals surface area (Å²) >= 11 is 0. The molecule has 0 saturated heterocycles. The van der Waals surface area contributed by atoms with E-state index in [-0.39, 0.29) is 5.82 Å². The molecule has 0 spiro atoms. The van der Waals surface area contributed by atoms with Crippen molar-refractivity contribution in [2.75, 3.05) is 7.11 Å². The van der Waals surface area contributed by atoms with Crippen LogP contribution in [0.4, 0.5) is 4.39 Å². The Kier molecular flexibility index (Phi) is 6.76. The molecule has 0 aromatic heterocycles. The van der Waals surface area contributed by atoms with Crippen molar-refractivity contribution in [3.63, 3.8) is 0 Å². The summed E-state index contributed by atoms with van der Waals surface area (Å²) in [6, 6.07) is 4.31. The molecule has 0 N–H and O–H groups in total. The monoisotopic (exact) mass is 386 g/mol. The van der Waals surface area contributed by atoms with Gasteiger partial charge in [-0.2, -0.15) is 0 Å². The van der Waals surface area contributed by atoms with Gasteiger partial charge in [0.05, 0.1) is 6.10 Å². The van der Waals surface area contributed by atoms with Gasteiger partial charge in [0.15, 0.2) is 0 Å². The number of unbranched alkanes of at least 4 members (excludes halogenated alkanes) is 2. The Balaban J connectivity index is 1.41. The summed E-state index contributed by atoms with van der Waals surface area (Å²) in [5, 5.41) is 0. The zero-order valence-corrected chi connectivity index (χ0v) is 18.0. The standard InChI is InChI=1S/C26H39FO/c1-3-4-5-6-18-7-8-22-15-23(17-26(27)25(22)13-18)20-9-10-21-16-24(28-2)12-11-19(21)14-20/h15,17-21,24H,3-14,16H2,1-2H3. The molecule has 0 bridgehead atoms. The van der Waals surface area contributed by atoms with Crippen LogP contribution < -0.4 is 0 Å². The summed E-state index contributed by atoms with van der Waals surface area (Å²) in [5.74, 6) is 3.03. The van der Waals surface area contributed by atoms with E-state index < -0.39 is 0 Å². The molecule has 1 nitrogen and oxygen atoms in total. The van der Waals surface area contributed by atoms with Crippen molar-refractivity contribution in [1.29, 1.82) is 0 Å². The molecule has 4 rings (SSSR count). The van der Waals surface area contributed by atoms with E-state index in [1.165, 1.54) is 81.8 Å². The summed E-state index contributed by atoms with van der Waals surface area (Å²) in [7, 11) is 1.86. The first-order chi connectivity index (χ1) is 13.7. The van der Waals surface area contributed by atoms with E-state index >= 15 is 4.39 Å². The van der Waals surface area contributed by atoms with Crippen molar-refractivity contribution in [2.45, 2.75) is 102 Å². The number of halogens is 1. The molecular weight excluding hydrogens is 347 g/mol. The molecule has 28 heavy (non-hydrogen) atoms. The quantitative estimate of drug-likeness (QED) is 0.469. The first kappa shape index (κ1) is 20.4. The molecule has 1 aromatic carbocycles. The van der Waals surface area contributed by atoms with Gasteiger partial charge in [-0.05, 0) is 104 Å². The van der Waals surface area contributed by atoms with Crippen molar-refractivity contribution in [2.24, 2.45) is 17.8 Å². The number of ether oxygens (including phenoxy) is 1. The van der Waals surface area contributed by atoms with Gasteiger partial charge in [0, 0.05) is 7.11 Å². The highest BCUT2D eigenvalue weighted by molar-refractivity contribution is 5.37. The average Bonchev–Trinajstić information content (AvgIpc) is 2.73. The molecule has 5 atom stereocenters. The van der Waals surface area contributed by atoms with E-state index in [1.54, 1.807) is 0 Å². The number of hydrogen-bond donors (Lipinski definition) is 0. The number of aryl methyl sites for hydroxylation is 1. The minimum absolute atomic E-state index is 0.0953. The van der Waals surface area contributed by atoms with Crippen LogP contribution in [0.1, 0.15) is 100 Å². The van der Waals surface area contributed by atoms with Gasteiger partial charge in [0.25, 0.3) is 0 Å². The van der Waals surface area contributed by atoms with Crippen molar-refractivity contribution in [3.05, 3.63) is 34.6 Å². The van der Waals surface area contributed by atoms with Gasteiger partial charge in [-0.3, -0.25) is 0 Å². The lowest BCUT2D eigenvalue weighted by Gasteiger charge is -2.42. The second-order valence-corrected chi connectivity index (χ2v) is 9.95. The minimum atomic E-state index is 0.0953. The maximum absolute atomic E-state index is 15.1. The maximum Gasteiger partial charge on any atom is 0.126 e. The maximum atomic E-state index is 15.1. The largest absolute Gasteiger partial charge is 0.381 e. The molecule has 0 amide bonds. The summed E-state index contributed by atoms with van der Waals surface area (Å²) < 4.78 is 20.7. The summed E-state index contributed by atoms with van der Waals surface area (Å²) in [4.78, 5) is 0. The van der Waals surface area contributed by atoms with E-state index in [0.717, 1.165) is 30.2 Å². The Labute approximate surface area is 171 Å². The van der Waals surface area contributed by atoms with E-state index in [2.05, 4.69) is 13.0 Å². The van der Waals surface area contributed by atoms with Crippen LogP contribution in [-0.4, -0.2) is 13.2 Å². The molecule has 156 valence electrons. The Morgan fingerprint density at radius 2 is 1.82 bits per heavy atom. The van der Waals surface area contributed by atoms with Crippen molar-refractivity contribution >= 4 is 0 Å². The summed E-state index contributed by atoms with van der Waals surface area (Å²) in [5.41, 5.74) is 3.67. The molecule has 2 saturated carbocycles. The van der Waals surface area contributed by atoms with Gasteiger partial charge in [0.1, 0.15) is 5.82 Å². The molecule has 0 heterocycles. The summed E-state index contributed by atoms with van der Waals surface area (Å²) in [6.07, 6.45) is 16.5.